The average molecular weight is 366 g/mol. The van der Waals surface area contributed by atoms with Crippen molar-refractivity contribution >= 4 is 23.6 Å². The quantitative estimate of drug-likeness (QED) is 0.747. The number of nitrogens with zero attached hydrogens (tertiary/aromatic N) is 1. The molecule has 1 heterocycles. The van der Waals surface area contributed by atoms with E-state index in [0.717, 1.165) is 5.75 Å². The zero-order chi connectivity index (χ0) is 18.3. The number of rotatable bonds is 7. The molecule has 2 rings (SSSR count). The molecule has 2 amide bonds. The van der Waals surface area contributed by atoms with Gasteiger partial charge in [-0.2, -0.15) is 0 Å². The summed E-state index contributed by atoms with van der Waals surface area (Å²) in [5.41, 5.74) is -0.315. The van der Waals surface area contributed by atoms with Crippen molar-refractivity contribution in [2.75, 3.05) is 31.5 Å². The van der Waals surface area contributed by atoms with Gasteiger partial charge >= 0.3 is 0 Å². The fourth-order valence-corrected chi connectivity index (χ4v) is 3.52. The Bertz CT molecular complexity index is 574. The Hall–Kier alpha value is -1.73. The normalized spacial score (nSPS) is 17.4. The lowest BCUT2D eigenvalue weighted by Gasteiger charge is -2.27. The first-order valence-corrected chi connectivity index (χ1v) is 9.47. The van der Waals surface area contributed by atoms with Gasteiger partial charge in [0.15, 0.2) is 0 Å². The molecule has 1 saturated heterocycles. The van der Waals surface area contributed by atoms with E-state index in [1.165, 1.54) is 0 Å². The van der Waals surface area contributed by atoms with Crippen molar-refractivity contribution in [3.05, 3.63) is 30.3 Å². The Kier molecular flexibility index (Phi) is 7.13. The smallest absolute Gasteiger partial charge is 0.249 e. The van der Waals surface area contributed by atoms with E-state index in [1.807, 2.05) is 51.1 Å². The molecule has 1 aromatic carbocycles. The minimum absolute atomic E-state index is 0.0436. The highest BCUT2D eigenvalue weighted by Crippen LogP contribution is 2.21. The second-order valence-electron chi connectivity index (χ2n) is 6.83. The van der Waals surface area contributed by atoms with E-state index < -0.39 is 6.04 Å². The van der Waals surface area contributed by atoms with Crippen molar-refractivity contribution in [3.63, 3.8) is 0 Å². The monoisotopic (exact) mass is 366 g/mol. The molecule has 0 aliphatic carbocycles. The van der Waals surface area contributed by atoms with E-state index in [2.05, 4.69) is 5.32 Å². The Morgan fingerprint density at radius 2 is 1.96 bits per heavy atom. The number of para-hydroxylation sites is 1. The Morgan fingerprint density at radius 1 is 1.24 bits per heavy atom. The third-order valence-corrected chi connectivity index (χ3v) is 4.48. The molecule has 7 heteroatoms. The SMILES string of the molecule is CC(C)(C)NC(=O)[C@H]1CSCN1C(=O)COCCOc1ccccc1. The van der Waals surface area contributed by atoms with E-state index in [-0.39, 0.29) is 24.0 Å². The van der Waals surface area contributed by atoms with Gasteiger partial charge in [0.2, 0.25) is 11.8 Å². The van der Waals surface area contributed by atoms with Crippen LogP contribution < -0.4 is 10.1 Å². The summed E-state index contributed by atoms with van der Waals surface area (Å²) < 4.78 is 10.9. The third kappa shape index (κ3) is 6.59. The van der Waals surface area contributed by atoms with Crippen LogP contribution in [0.3, 0.4) is 0 Å². The first-order chi connectivity index (χ1) is 11.9. The molecular formula is C18H26N2O4S. The summed E-state index contributed by atoms with van der Waals surface area (Å²) in [7, 11) is 0. The predicted molar refractivity (Wildman–Crippen MR) is 98.6 cm³/mol. The number of amides is 2. The maximum absolute atomic E-state index is 12.3. The summed E-state index contributed by atoms with van der Waals surface area (Å²) in [5.74, 6) is 1.62. The zero-order valence-electron chi connectivity index (χ0n) is 15.0. The van der Waals surface area contributed by atoms with Gasteiger partial charge in [0, 0.05) is 11.3 Å². The van der Waals surface area contributed by atoms with Crippen LogP contribution in [0.2, 0.25) is 0 Å². The molecule has 1 atom stereocenters. The van der Waals surface area contributed by atoms with Crippen molar-refractivity contribution in [2.45, 2.75) is 32.4 Å². The van der Waals surface area contributed by atoms with Crippen LogP contribution in [0, 0.1) is 0 Å². The molecule has 0 unspecified atom stereocenters. The predicted octanol–water partition coefficient (Wildman–Crippen LogP) is 1.90. The molecule has 0 bridgehead atoms. The highest BCUT2D eigenvalue weighted by molar-refractivity contribution is 7.99. The topological polar surface area (TPSA) is 67.9 Å². The van der Waals surface area contributed by atoms with E-state index >= 15 is 0 Å². The third-order valence-electron chi connectivity index (χ3n) is 3.47. The maximum atomic E-state index is 12.3. The summed E-state index contributed by atoms with van der Waals surface area (Å²) in [6.45, 7) is 6.43. The van der Waals surface area contributed by atoms with E-state index in [9.17, 15) is 9.59 Å². The van der Waals surface area contributed by atoms with Gasteiger partial charge in [0.05, 0.1) is 12.5 Å². The lowest BCUT2D eigenvalue weighted by Crippen LogP contribution is -2.52. The lowest BCUT2D eigenvalue weighted by molar-refractivity contribution is -0.142. The Balaban J connectivity index is 1.71. The number of hydrogen-bond donors (Lipinski definition) is 1. The molecule has 1 aliphatic heterocycles. The second-order valence-corrected chi connectivity index (χ2v) is 7.83. The number of carbonyl (C=O) groups excluding carboxylic acids is 2. The summed E-state index contributed by atoms with van der Waals surface area (Å²) in [5, 5.41) is 2.93. The van der Waals surface area contributed by atoms with Gasteiger partial charge in [0.25, 0.3) is 0 Å². The van der Waals surface area contributed by atoms with Crippen LogP contribution in [0.15, 0.2) is 30.3 Å². The first-order valence-electron chi connectivity index (χ1n) is 8.31. The second kappa shape index (κ2) is 9.10. The molecule has 0 saturated carbocycles. The number of nitrogens with one attached hydrogen (secondary N) is 1. The van der Waals surface area contributed by atoms with Crippen LogP contribution in [0.25, 0.3) is 0 Å². The molecule has 1 aromatic rings. The van der Waals surface area contributed by atoms with Crippen LogP contribution in [0.4, 0.5) is 0 Å². The van der Waals surface area contributed by atoms with E-state index in [4.69, 9.17) is 9.47 Å². The minimum Gasteiger partial charge on any atom is -0.491 e. The van der Waals surface area contributed by atoms with Crippen LogP contribution in [0.1, 0.15) is 20.8 Å². The van der Waals surface area contributed by atoms with Crippen LogP contribution >= 0.6 is 11.8 Å². The van der Waals surface area contributed by atoms with Crippen molar-refractivity contribution in [1.29, 1.82) is 0 Å². The van der Waals surface area contributed by atoms with Crippen molar-refractivity contribution in [1.82, 2.24) is 10.2 Å². The number of hydrogen-bond acceptors (Lipinski definition) is 5. The van der Waals surface area contributed by atoms with Gasteiger partial charge in [-0.25, -0.2) is 0 Å². The van der Waals surface area contributed by atoms with Crippen LogP contribution in [-0.2, 0) is 14.3 Å². The highest BCUT2D eigenvalue weighted by atomic mass is 32.2. The lowest BCUT2D eigenvalue weighted by atomic mass is 10.1. The van der Waals surface area contributed by atoms with Gasteiger partial charge in [-0.05, 0) is 32.9 Å². The highest BCUT2D eigenvalue weighted by Gasteiger charge is 2.35. The zero-order valence-corrected chi connectivity index (χ0v) is 15.8. The summed E-state index contributed by atoms with van der Waals surface area (Å²) in [6, 6.07) is 9.01. The number of benzene rings is 1. The molecule has 0 aromatic heterocycles. The molecular weight excluding hydrogens is 340 g/mol. The molecule has 1 fully saturated rings. The fraction of sp³-hybridized carbons (Fsp3) is 0.556. The van der Waals surface area contributed by atoms with Gasteiger partial charge in [0.1, 0.15) is 25.0 Å². The molecule has 1 aliphatic rings. The molecule has 25 heavy (non-hydrogen) atoms. The molecule has 1 N–H and O–H groups in total. The van der Waals surface area contributed by atoms with E-state index in [1.54, 1.807) is 16.7 Å². The molecule has 6 nitrogen and oxygen atoms in total. The van der Waals surface area contributed by atoms with E-state index in [0.29, 0.717) is 24.8 Å². The number of carbonyl (C=O) groups is 2. The van der Waals surface area contributed by atoms with Gasteiger partial charge in [-0.3, -0.25) is 9.59 Å². The Morgan fingerprint density at radius 3 is 2.64 bits per heavy atom. The minimum atomic E-state index is -0.430. The molecule has 0 radical (unpaired) electrons. The van der Waals surface area contributed by atoms with Gasteiger partial charge in [-0.1, -0.05) is 18.2 Å². The summed E-state index contributed by atoms with van der Waals surface area (Å²) in [6.07, 6.45) is 0. The summed E-state index contributed by atoms with van der Waals surface area (Å²) in [4.78, 5) is 26.2. The van der Waals surface area contributed by atoms with Crippen molar-refractivity contribution in [2.24, 2.45) is 0 Å². The molecule has 138 valence electrons. The average Bonchev–Trinajstić information content (AvgIpc) is 3.03. The van der Waals surface area contributed by atoms with Crippen LogP contribution in [-0.4, -0.2) is 59.7 Å². The van der Waals surface area contributed by atoms with Crippen molar-refractivity contribution in [3.8, 4) is 5.75 Å². The fourth-order valence-electron chi connectivity index (χ4n) is 2.34. The molecule has 0 spiro atoms. The Labute approximate surface area is 153 Å². The standard InChI is InChI=1S/C18H26N2O4S/c1-18(2,3)19-17(22)15-12-25-13-20(15)16(21)11-23-9-10-24-14-7-5-4-6-8-14/h4-8,15H,9-13H2,1-3H3,(H,19,22)/t15-/m1/s1. The first kappa shape index (κ1) is 19.6. The van der Waals surface area contributed by atoms with Gasteiger partial charge < -0.3 is 19.7 Å². The summed E-state index contributed by atoms with van der Waals surface area (Å²) >= 11 is 1.58. The number of thioether (sulfide) groups is 1. The van der Waals surface area contributed by atoms with Gasteiger partial charge in [-0.15, -0.1) is 11.8 Å². The maximum Gasteiger partial charge on any atom is 0.249 e. The van der Waals surface area contributed by atoms with Crippen LogP contribution in [0.5, 0.6) is 5.75 Å². The largest absolute Gasteiger partial charge is 0.491 e. The van der Waals surface area contributed by atoms with Crippen molar-refractivity contribution < 1.29 is 19.1 Å². The number of ether oxygens (including phenoxy) is 2.